The molecule has 1 heterocycles. The summed E-state index contributed by atoms with van der Waals surface area (Å²) in [6.07, 6.45) is 3.96. The molecular formula is C12H17Br2N3O2S. The summed E-state index contributed by atoms with van der Waals surface area (Å²) in [5.74, 6) is 0. The molecule has 3 N–H and O–H groups in total. The molecular weight excluding hydrogens is 410 g/mol. The predicted molar refractivity (Wildman–Crippen MR) is 88.8 cm³/mol. The van der Waals surface area contributed by atoms with E-state index in [0.717, 1.165) is 30.2 Å². The molecule has 112 valence electrons. The highest BCUT2D eigenvalue weighted by Crippen LogP contribution is 2.33. The summed E-state index contributed by atoms with van der Waals surface area (Å²) in [4.78, 5) is 0. The van der Waals surface area contributed by atoms with Gasteiger partial charge in [0.15, 0.2) is 0 Å². The zero-order valence-corrected chi connectivity index (χ0v) is 14.9. The lowest BCUT2D eigenvalue weighted by Crippen LogP contribution is -2.36. The highest BCUT2D eigenvalue weighted by molar-refractivity contribution is 9.11. The number of nitrogens with two attached hydrogens (primary N) is 1. The molecule has 8 heteroatoms. The molecule has 0 aromatic heterocycles. The van der Waals surface area contributed by atoms with Crippen LogP contribution in [0, 0.1) is 0 Å². The molecule has 1 aromatic carbocycles. The molecule has 5 nitrogen and oxygen atoms in total. The van der Waals surface area contributed by atoms with Crippen LogP contribution in [0.15, 0.2) is 21.1 Å². The van der Waals surface area contributed by atoms with Gasteiger partial charge in [0.1, 0.15) is 0 Å². The first-order chi connectivity index (χ1) is 9.40. The average Bonchev–Trinajstić information content (AvgIpc) is 2.63. The molecule has 1 saturated heterocycles. The van der Waals surface area contributed by atoms with Gasteiger partial charge in [-0.25, -0.2) is 0 Å². The van der Waals surface area contributed by atoms with Crippen LogP contribution in [0.4, 0.5) is 11.4 Å². The van der Waals surface area contributed by atoms with E-state index < -0.39 is 10.2 Å². The van der Waals surface area contributed by atoms with Gasteiger partial charge < -0.3 is 5.73 Å². The molecule has 0 radical (unpaired) electrons. The highest BCUT2D eigenvalue weighted by Gasteiger charge is 2.24. The third kappa shape index (κ3) is 3.87. The van der Waals surface area contributed by atoms with E-state index in [-0.39, 0.29) is 0 Å². The molecule has 1 aliphatic rings. The zero-order valence-electron chi connectivity index (χ0n) is 10.9. The van der Waals surface area contributed by atoms with Crippen LogP contribution in [-0.2, 0) is 10.2 Å². The van der Waals surface area contributed by atoms with Crippen molar-refractivity contribution in [2.45, 2.75) is 25.7 Å². The average molecular weight is 427 g/mol. The van der Waals surface area contributed by atoms with Gasteiger partial charge in [-0.05, 0) is 40.9 Å². The second-order valence-electron chi connectivity index (χ2n) is 4.77. The fraction of sp³-hybridized carbons (Fsp3) is 0.500. The minimum atomic E-state index is -3.56. The van der Waals surface area contributed by atoms with Gasteiger partial charge >= 0.3 is 10.2 Å². The van der Waals surface area contributed by atoms with E-state index in [4.69, 9.17) is 5.73 Å². The maximum atomic E-state index is 12.4. The molecule has 0 amide bonds. The van der Waals surface area contributed by atoms with Crippen molar-refractivity contribution in [3.63, 3.8) is 0 Å². The van der Waals surface area contributed by atoms with E-state index in [0.29, 0.717) is 28.9 Å². The van der Waals surface area contributed by atoms with Crippen molar-refractivity contribution in [3.05, 3.63) is 21.1 Å². The van der Waals surface area contributed by atoms with Gasteiger partial charge in [0.25, 0.3) is 0 Å². The second kappa shape index (κ2) is 6.64. The molecule has 0 saturated carbocycles. The van der Waals surface area contributed by atoms with Crippen LogP contribution in [0.2, 0.25) is 0 Å². The Kier molecular flexibility index (Phi) is 5.33. The standard InChI is InChI=1S/C12H17Br2N3O2S/c13-9-7-10(14)12(11(15)8-9)16-20(18,19)17-5-3-1-2-4-6-17/h7-8,16H,1-6,15H2. The Morgan fingerprint density at radius 2 is 1.70 bits per heavy atom. The highest BCUT2D eigenvalue weighted by atomic mass is 79.9. The van der Waals surface area contributed by atoms with Crippen LogP contribution in [0.5, 0.6) is 0 Å². The normalized spacial score (nSPS) is 17.7. The van der Waals surface area contributed by atoms with Crippen molar-refractivity contribution >= 4 is 53.4 Å². The first kappa shape index (κ1) is 16.1. The fourth-order valence-electron chi connectivity index (χ4n) is 2.18. The lowest BCUT2D eigenvalue weighted by molar-refractivity contribution is 0.427. The zero-order chi connectivity index (χ0) is 14.8. The van der Waals surface area contributed by atoms with Gasteiger partial charge in [0, 0.05) is 22.0 Å². The first-order valence-electron chi connectivity index (χ1n) is 6.42. The van der Waals surface area contributed by atoms with Crippen molar-refractivity contribution in [3.8, 4) is 0 Å². The number of nitrogen functional groups attached to an aromatic ring is 1. The molecule has 0 atom stereocenters. The van der Waals surface area contributed by atoms with E-state index in [2.05, 4.69) is 36.6 Å². The largest absolute Gasteiger partial charge is 0.397 e. The summed E-state index contributed by atoms with van der Waals surface area (Å²) < 4.78 is 30.3. The van der Waals surface area contributed by atoms with Crippen LogP contribution < -0.4 is 10.5 Å². The summed E-state index contributed by atoms with van der Waals surface area (Å²) in [5.41, 5.74) is 6.65. The van der Waals surface area contributed by atoms with Crippen molar-refractivity contribution in [2.75, 3.05) is 23.5 Å². The topological polar surface area (TPSA) is 75.4 Å². The lowest BCUT2D eigenvalue weighted by Gasteiger charge is -2.22. The van der Waals surface area contributed by atoms with Gasteiger partial charge in [-0.2, -0.15) is 12.7 Å². The Balaban J connectivity index is 2.23. The molecule has 0 unspecified atom stereocenters. The number of nitrogens with zero attached hydrogens (tertiary/aromatic N) is 1. The van der Waals surface area contributed by atoms with E-state index >= 15 is 0 Å². The van der Waals surface area contributed by atoms with Gasteiger partial charge in [-0.1, -0.05) is 28.8 Å². The molecule has 1 aromatic rings. The number of rotatable bonds is 3. The molecule has 0 bridgehead atoms. The Hall–Kier alpha value is -0.310. The van der Waals surface area contributed by atoms with Crippen molar-refractivity contribution in [1.82, 2.24) is 4.31 Å². The monoisotopic (exact) mass is 425 g/mol. The number of anilines is 2. The Bertz CT molecular complexity index is 561. The maximum Gasteiger partial charge on any atom is 0.301 e. The minimum absolute atomic E-state index is 0.379. The van der Waals surface area contributed by atoms with E-state index in [1.807, 2.05) is 0 Å². The van der Waals surface area contributed by atoms with Crippen LogP contribution in [0.1, 0.15) is 25.7 Å². The Morgan fingerprint density at radius 3 is 2.25 bits per heavy atom. The van der Waals surface area contributed by atoms with Gasteiger partial charge in [-0.3, -0.25) is 4.72 Å². The number of benzene rings is 1. The summed E-state index contributed by atoms with van der Waals surface area (Å²) in [6, 6.07) is 3.43. The Labute approximate surface area is 136 Å². The second-order valence-corrected chi connectivity index (χ2v) is 8.21. The van der Waals surface area contributed by atoms with Crippen LogP contribution in [0.25, 0.3) is 0 Å². The van der Waals surface area contributed by atoms with E-state index in [1.165, 1.54) is 4.31 Å². The summed E-state index contributed by atoms with van der Waals surface area (Å²) >= 11 is 6.65. The SMILES string of the molecule is Nc1cc(Br)cc(Br)c1NS(=O)(=O)N1CCCCCC1. The smallest absolute Gasteiger partial charge is 0.301 e. The number of hydrogen-bond donors (Lipinski definition) is 2. The van der Waals surface area contributed by atoms with Gasteiger partial charge in [-0.15, -0.1) is 0 Å². The molecule has 1 aliphatic heterocycles. The van der Waals surface area contributed by atoms with E-state index in [1.54, 1.807) is 12.1 Å². The maximum absolute atomic E-state index is 12.4. The summed E-state index contributed by atoms with van der Waals surface area (Å²) in [7, 11) is -3.56. The number of halogens is 2. The van der Waals surface area contributed by atoms with Crippen LogP contribution in [0.3, 0.4) is 0 Å². The third-order valence-electron chi connectivity index (χ3n) is 3.22. The number of nitrogens with one attached hydrogen (secondary N) is 1. The third-order valence-corrected chi connectivity index (χ3v) is 5.81. The van der Waals surface area contributed by atoms with Gasteiger partial charge in [0.2, 0.25) is 0 Å². The van der Waals surface area contributed by atoms with E-state index in [9.17, 15) is 8.42 Å². The van der Waals surface area contributed by atoms with Crippen LogP contribution >= 0.6 is 31.9 Å². The van der Waals surface area contributed by atoms with Crippen molar-refractivity contribution in [2.24, 2.45) is 0 Å². The quantitative estimate of drug-likeness (QED) is 0.727. The van der Waals surface area contributed by atoms with Crippen LogP contribution in [-0.4, -0.2) is 25.8 Å². The van der Waals surface area contributed by atoms with Crippen molar-refractivity contribution in [1.29, 1.82) is 0 Å². The molecule has 0 spiro atoms. The van der Waals surface area contributed by atoms with Gasteiger partial charge in [0.05, 0.1) is 11.4 Å². The lowest BCUT2D eigenvalue weighted by atomic mass is 10.2. The summed E-state index contributed by atoms with van der Waals surface area (Å²) in [6.45, 7) is 1.12. The number of hydrogen-bond acceptors (Lipinski definition) is 3. The Morgan fingerprint density at radius 1 is 1.10 bits per heavy atom. The minimum Gasteiger partial charge on any atom is -0.397 e. The fourth-order valence-corrected chi connectivity index (χ4v) is 5.02. The van der Waals surface area contributed by atoms with Crippen molar-refractivity contribution < 1.29 is 8.42 Å². The molecule has 1 fully saturated rings. The predicted octanol–water partition coefficient (Wildman–Crippen LogP) is 3.33. The molecule has 0 aliphatic carbocycles. The molecule has 20 heavy (non-hydrogen) atoms. The first-order valence-corrected chi connectivity index (χ1v) is 9.45. The molecule has 2 rings (SSSR count). The summed E-state index contributed by atoms with van der Waals surface area (Å²) in [5, 5.41) is 0.